The zero-order chi connectivity index (χ0) is 13.0. The van der Waals surface area contributed by atoms with Crippen LogP contribution in [-0.4, -0.2) is 42.1 Å². The Bertz CT molecular complexity index is 507. The second-order valence-electron chi connectivity index (χ2n) is 4.68. The van der Waals surface area contributed by atoms with Gasteiger partial charge in [0.2, 0.25) is 5.95 Å². The third-order valence-corrected chi connectivity index (χ3v) is 2.77. The highest BCUT2D eigenvalue weighted by Gasteiger charge is 2.02. The molecule has 0 saturated carbocycles. The van der Waals surface area contributed by atoms with Crippen LogP contribution in [0.25, 0.3) is 11.0 Å². The van der Waals surface area contributed by atoms with Gasteiger partial charge in [-0.1, -0.05) is 0 Å². The maximum atomic E-state index is 13.0. The molecule has 2 rings (SSSR count). The Kier molecular flexibility index (Phi) is 4.15. The van der Waals surface area contributed by atoms with E-state index in [9.17, 15) is 4.39 Å². The average molecular weight is 250 g/mol. The van der Waals surface area contributed by atoms with E-state index in [1.54, 1.807) is 6.07 Å². The van der Waals surface area contributed by atoms with Gasteiger partial charge in [-0.05, 0) is 51.7 Å². The summed E-state index contributed by atoms with van der Waals surface area (Å²) in [5, 5.41) is 3.22. The van der Waals surface area contributed by atoms with E-state index >= 15 is 0 Å². The van der Waals surface area contributed by atoms with E-state index in [0.717, 1.165) is 37.0 Å². The minimum absolute atomic E-state index is 0.247. The van der Waals surface area contributed by atoms with Crippen molar-refractivity contribution in [2.75, 3.05) is 32.5 Å². The molecular weight excluding hydrogens is 231 g/mol. The summed E-state index contributed by atoms with van der Waals surface area (Å²) >= 11 is 0. The van der Waals surface area contributed by atoms with Gasteiger partial charge in [0.15, 0.2) is 0 Å². The van der Waals surface area contributed by atoms with Crippen LogP contribution >= 0.6 is 0 Å². The zero-order valence-corrected chi connectivity index (χ0v) is 10.8. The molecule has 98 valence electrons. The van der Waals surface area contributed by atoms with Crippen molar-refractivity contribution in [2.24, 2.45) is 0 Å². The first kappa shape index (κ1) is 12.8. The molecule has 1 aromatic heterocycles. The molecule has 0 aliphatic heterocycles. The van der Waals surface area contributed by atoms with Gasteiger partial charge in [0.25, 0.3) is 0 Å². The molecule has 1 heterocycles. The molecule has 2 N–H and O–H groups in total. The van der Waals surface area contributed by atoms with Gasteiger partial charge in [0.1, 0.15) is 5.82 Å². The molecule has 0 aliphatic carbocycles. The van der Waals surface area contributed by atoms with Crippen molar-refractivity contribution in [3.8, 4) is 0 Å². The molecule has 0 saturated heterocycles. The SMILES string of the molecule is CN(C)CCCCNc1nc2ccc(F)cc2[nH]1. The predicted molar refractivity (Wildman–Crippen MR) is 72.3 cm³/mol. The summed E-state index contributed by atoms with van der Waals surface area (Å²) < 4.78 is 13.0. The lowest BCUT2D eigenvalue weighted by Crippen LogP contribution is -2.14. The number of rotatable bonds is 6. The van der Waals surface area contributed by atoms with E-state index in [2.05, 4.69) is 34.3 Å². The van der Waals surface area contributed by atoms with Gasteiger partial charge in [-0.2, -0.15) is 0 Å². The summed E-state index contributed by atoms with van der Waals surface area (Å²) in [7, 11) is 4.14. The van der Waals surface area contributed by atoms with Gasteiger partial charge in [0.05, 0.1) is 11.0 Å². The fraction of sp³-hybridized carbons (Fsp3) is 0.462. The second kappa shape index (κ2) is 5.82. The maximum Gasteiger partial charge on any atom is 0.201 e. The van der Waals surface area contributed by atoms with Gasteiger partial charge in [-0.15, -0.1) is 0 Å². The Labute approximate surface area is 106 Å². The molecule has 0 radical (unpaired) electrons. The normalized spacial score (nSPS) is 11.3. The summed E-state index contributed by atoms with van der Waals surface area (Å²) in [6.45, 7) is 1.96. The fourth-order valence-electron chi connectivity index (χ4n) is 1.83. The minimum Gasteiger partial charge on any atom is -0.356 e. The van der Waals surface area contributed by atoms with Gasteiger partial charge in [0, 0.05) is 6.54 Å². The molecule has 0 amide bonds. The summed E-state index contributed by atoms with van der Waals surface area (Å²) in [6, 6.07) is 4.56. The number of hydrogen-bond donors (Lipinski definition) is 2. The van der Waals surface area contributed by atoms with Gasteiger partial charge in [-0.25, -0.2) is 9.37 Å². The highest BCUT2D eigenvalue weighted by atomic mass is 19.1. The molecule has 2 aromatic rings. The Morgan fingerprint density at radius 3 is 2.94 bits per heavy atom. The summed E-state index contributed by atoms with van der Waals surface area (Å²) in [5.41, 5.74) is 1.51. The summed E-state index contributed by atoms with van der Waals surface area (Å²) in [6.07, 6.45) is 2.23. The van der Waals surface area contributed by atoms with Crippen LogP contribution < -0.4 is 5.32 Å². The van der Waals surface area contributed by atoms with Gasteiger partial charge in [-0.3, -0.25) is 0 Å². The van der Waals surface area contributed by atoms with Crippen molar-refractivity contribution in [1.82, 2.24) is 14.9 Å². The molecule has 0 bridgehead atoms. The Hall–Kier alpha value is -1.62. The quantitative estimate of drug-likeness (QED) is 0.774. The van der Waals surface area contributed by atoms with E-state index in [1.807, 2.05) is 0 Å². The molecule has 5 heteroatoms. The van der Waals surface area contributed by atoms with E-state index in [4.69, 9.17) is 0 Å². The number of nitrogens with zero attached hydrogens (tertiary/aromatic N) is 2. The monoisotopic (exact) mass is 250 g/mol. The van der Waals surface area contributed by atoms with Crippen molar-refractivity contribution in [1.29, 1.82) is 0 Å². The molecular formula is C13H19FN4. The van der Waals surface area contributed by atoms with Crippen LogP contribution in [0.2, 0.25) is 0 Å². The van der Waals surface area contributed by atoms with Crippen LogP contribution in [0.1, 0.15) is 12.8 Å². The smallest absolute Gasteiger partial charge is 0.201 e. The number of benzene rings is 1. The summed E-state index contributed by atoms with van der Waals surface area (Å²) in [5.74, 6) is 0.462. The van der Waals surface area contributed by atoms with Crippen molar-refractivity contribution >= 4 is 17.0 Å². The van der Waals surface area contributed by atoms with Crippen molar-refractivity contribution in [3.63, 3.8) is 0 Å². The number of fused-ring (bicyclic) bond motifs is 1. The lowest BCUT2D eigenvalue weighted by molar-refractivity contribution is 0.396. The highest BCUT2D eigenvalue weighted by molar-refractivity contribution is 5.77. The number of aromatic nitrogens is 2. The lowest BCUT2D eigenvalue weighted by Gasteiger charge is -2.08. The Morgan fingerprint density at radius 2 is 2.17 bits per heavy atom. The second-order valence-corrected chi connectivity index (χ2v) is 4.68. The largest absolute Gasteiger partial charge is 0.356 e. The van der Waals surface area contributed by atoms with Crippen molar-refractivity contribution in [3.05, 3.63) is 24.0 Å². The van der Waals surface area contributed by atoms with Gasteiger partial charge < -0.3 is 15.2 Å². The minimum atomic E-state index is -0.247. The molecule has 18 heavy (non-hydrogen) atoms. The molecule has 0 aliphatic rings. The number of aromatic amines is 1. The molecule has 4 nitrogen and oxygen atoms in total. The highest BCUT2D eigenvalue weighted by Crippen LogP contribution is 2.15. The standard InChI is InChI=1S/C13H19FN4/c1-18(2)8-4-3-7-15-13-16-11-6-5-10(14)9-12(11)17-13/h5-6,9H,3-4,7-8H2,1-2H3,(H2,15,16,17). The van der Waals surface area contributed by atoms with Crippen LogP contribution in [0.15, 0.2) is 18.2 Å². The van der Waals surface area contributed by atoms with Crippen LogP contribution in [0.4, 0.5) is 10.3 Å². The molecule has 1 aromatic carbocycles. The average Bonchev–Trinajstić information content (AvgIpc) is 2.70. The number of nitrogens with one attached hydrogen (secondary N) is 2. The first-order chi connectivity index (χ1) is 8.65. The third-order valence-electron chi connectivity index (χ3n) is 2.77. The number of anilines is 1. The third kappa shape index (κ3) is 3.43. The number of halogens is 1. The van der Waals surface area contributed by atoms with Crippen LogP contribution in [0.3, 0.4) is 0 Å². The first-order valence-corrected chi connectivity index (χ1v) is 6.19. The number of H-pyrrole nitrogens is 1. The Balaban J connectivity index is 1.84. The van der Waals surface area contributed by atoms with E-state index in [1.165, 1.54) is 12.1 Å². The molecule has 0 fully saturated rings. The Morgan fingerprint density at radius 1 is 1.33 bits per heavy atom. The first-order valence-electron chi connectivity index (χ1n) is 6.19. The molecule has 0 spiro atoms. The van der Waals surface area contributed by atoms with Crippen LogP contribution in [0.5, 0.6) is 0 Å². The molecule has 0 unspecified atom stereocenters. The van der Waals surface area contributed by atoms with Crippen molar-refractivity contribution in [2.45, 2.75) is 12.8 Å². The maximum absolute atomic E-state index is 13.0. The number of hydrogen-bond acceptors (Lipinski definition) is 3. The van der Waals surface area contributed by atoms with Crippen LogP contribution in [0, 0.1) is 5.82 Å². The lowest BCUT2D eigenvalue weighted by atomic mass is 10.3. The number of unbranched alkanes of at least 4 members (excludes halogenated alkanes) is 1. The predicted octanol–water partition coefficient (Wildman–Crippen LogP) is 2.46. The number of imidazole rings is 1. The zero-order valence-electron chi connectivity index (χ0n) is 10.8. The van der Waals surface area contributed by atoms with E-state index < -0.39 is 0 Å². The van der Waals surface area contributed by atoms with Crippen LogP contribution in [-0.2, 0) is 0 Å². The molecule has 0 atom stereocenters. The van der Waals surface area contributed by atoms with Gasteiger partial charge >= 0.3 is 0 Å². The van der Waals surface area contributed by atoms with Crippen molar-refractivity contribution < 1.29 is 4.39 Å². The topological polar surface area (TPSA) is 44.0 Å². The summed E-state index contributed by atoms with van der Waals surface area (Å²) in [4.78, 5) is 9.58. The van der Waals surface area contributed by atoms with E-state index in [-0.39, 0.29) is 5.82 Å². The fourth-order valence-corrected chi connectivity index (χ4v) is 1.83. The van der Waals surface area contributed by atoms with E-state index in [0.29, 0.717) is 5.95 Å².